The minimum Gasteiger partial charge on any atom is -0.464 e. The lowest BCUT2D eigenvalue weighted by molar-refractivity contribution is 0.0585. The lowest BCUT2D eigenvalue weighted by atomic mass is 9.85. The molecule has 214 valence electrons. The fourth-order valence-corrected chi connectivity index (χ4v) is 5.28. The zero-order chi connectivity index (χ0) is 30.1. The van der Waals surface area contributed by atoms with E-state index >= 15 is 0 Å². The van der Waals surface area contributed by atoms with E-state index in [1.807, 2.05) is 0 Å². The molecule has 0 saturated heterocycles. The normalized spacial score (nSPS) is 11.1. The number of methoxy groups -OCH3 is 2. The van der Waals surface area contributed by atoms with Crippen LogP contribution in [0.1, 0.15) is 43.6 Å². The van der Waals surface area contributed by atoms with Crippen molar-refractivity contribution in [2.45, 2.75) is 5.92 Å². The number of nitrogens with one attached hydrogen (secondary N) is 2. The molecular weight excluding hydrogens is 696 g/mol. The van der Waals surface area contributed by atoms with Gasteiger partial charge in [0.05, 0.1) is 36.7 Å². The van der Waals surface area contributed by atoms with Gasteiger partial charge in [-0.05, 0) is 66.2 Å². The van der Waals surface area contributed by atoms with Gasteiger partial charge in [0.2, 0.25) is 0 Å². The molecule has 10 nitrogen and oxygen atoms in total. The number of hydrogen-bond donors (Lipinski definition) is 2. The molecule has 0 aliphatic heterocycles. The maximum atomic E-state index is 14.2. The number of aromatic amines is 2. The maximum Gasteiger partial charge on any atom is 0.356 e. The van der Waals surface area contributed by atoms with Gasteiger partial charge in [-0.25, -0.2) is 19.0 Å². The predicted molar refractivity (Wildman–Crippen MR) is 163 cm³/mol. The highest BCUT2D eigenvalue weighted by Gasteiger charge is 2.37. The van der Waals surface area contributed by atoms with E-state index in [0.29, 0.717) is 22.0 Å². The summed E-state index contributed by atoms with van der Waals surface area (Å²) in [4.78, 5) is 54.6. The number of carbonyl (C=O) groups excluding carboxylic acids is 2. The largest absolute Gasteiger partial charge is 0.464 e. The monoisotopic (exact) mass is 714 g/mol. The van der Waals surface area contributed by atoms with Gasteiger partial charge in [-0.2, -0.15) is 0 Å². The summed E-state index contributed by atoms with van der Waals surface area (Å²) in [5, 5.41) is 6.09. The van der Waals surface area contributed by atoms with Crippen LogP contribution in [0.5, 0.6) is 0 Å². The molecule has 0 aliphatic carbocycles. The molecule has 0 saturated carbocycles. The van der Waals surface area contributed by atoms with Gasteiger partial charge >= 0.3 is 11.9 Å². The second-order valence-corrected chi connectivity index (χ2v) is 11.3. The SMILES string of the molecule is COC(=O)c1[nH]n(-c2ccc(Br)cc2)c(=O)c1C(c1ccc(Cl)cc1)c1c(C(=O)OC)[nH]n(-c2ccc(Br)cc2)c1=O. The highest BCUT2D eigenvalue weighted by Crippen LogP contribution is 2.34. The number of H-pyrrole nitrogens is 2. The second kappa shape index (κ2) is 12.0. The summed E-state index contributed by atoms with van der Waals surface area (Å²) in [6, 6.07) is 20.0. The smallest absolute Gasteiger partial charge is 0.356 e. The number of rotatable bonds is 7. The zero-order valence-corrected chi connectivity index (χ0v) is 25.9. The van der Waals surface area contributed by atoms with Gasteiger partial charge in [0.15, 0.2) is 11.4 Å². The molecule has 0 fully saturated rings. The maximum absolute atomic E-state index is 14.2. The van der Waals surface area contributed by atoms with Crippen molar-refractivity contribution in [1.29, 1.82) is 0 Å². The Morgan fingerprint density at radius 2 is 1.07 bits per heavy atom. The van der Waals surface area contributed by atoms with Crippen molar-refractivity contribution in [3.05, 3.63) is 136 Å². The standard InChI is InChI=1S/C29H21Br2ClN4O6/c1-41-28(39)24-22(26(37)35(33-24)19-11-5-16(30)6-12-19)21(15-3-9-18(32)10-4-15)23-25(29(40)42-2)34-36(27(23)38)20-13-7-17(31)8-14-20/h3-14,21,33-34H,1-2H3. The predicted octanol–water partition coefficient (Wildman–Crippen LogP) is 5.58. The fraction of sp³-hybridized carbons (Fsp3) is 0.103. The van der Waals surface area contributed by atoms with E-state index in [1.54, 1.807) is 72.8 Å². The molecule has 5 rings (SSSR count). The Balaban J connectivity index is 1.88. The van der Waals surface area contributed by atoms with Crippen LogP contribution in [-0.4, -0.2) is 45.7 Å². The van der Waals surface area contributed by atoms with Crippen molar-refractivity contribution < 1.29 is 19.1 Å². The summed E-state index contributed by atoms with van der Waals surface area (Å²) >= 11 is 12.9. The van der Waals surface area contributed by atoms with E-state index in [9.17, 15) is 19.2 Å². The molecule has 13 heteroatoms. The quantitative estimate of drug-likeness (QED) is 0.212. The lowest BCUT2D eigenvalue weighted by Crippen LogP contribution is -2.26. The number of esters is 2. The Kier molecular flexibility index (Phi) is 8.39. The van der Waals surface area contributed by atoms with Crippen molar-refractivity contribution in [3.8, 4) is 11.4 Å². The summed E-state index contributed by atoms with van der Waals surface area (Å²) < 4.78 is 13.9. The molecule has 2 heterocycles. The summed E-state index contributed by atoms with van der Waals surface area (Å²) in [6.45, 7) is 0. The first-order valence-electron chi connectivity index (χ1n) is 12.3. The molecule has 5 aromatic rings. The molecule has 0 unspecified atom stereocenters. The Morgan fingerprint density at radius 3 is 1.43 bits per heavy atom. The van der Waals surface area contributed by atoms with E-state index in [2.05, 4.69) is 42.1 Å². The molecule has 2 N–H and O–H groups in total. The van der Waals surface area contributed by atoms with Gasteiger partial charge in [-0.15, -0.1) is 0 Å². The van der Waals surface area contributed by atoms with Crippen LogP contribution in [0.2, 0.25) is 5.02 Å². The first-order chi connectivity index (χ1) is 20.1. The number of nitrogens with zero attached hydrogens (tertiary/aromatic N) is 2. The van der Waals surface area contributed by atoms with Crippen LogP contribution >= 0.6 is 43.5 Å². The third-order valence-corrected chi connectivity index (χ3v) is 7.89. The van der Waals surface area contributed by atoms with E-state index in [1.165, 1.54) is 23.6 Å². The average Bonchev–Trinajstić information content (AvgIpc) is 3.51. The summed E-state index contributed by atoms with van der Waals surface area (Å²) in [5.41, 5.74) is -0.643. The minimum atomic E-state index is -1.23. The van der Waals surface area contributed by atoms with Gasteiger partial charge < -0.3 is 9.47 Å². The van der Waals surface area contributed by atoms with E-state index < -0.39 is 29.0 Å². The Morgan fingerprint density at radius 1 is 0.690 bits per heavy atom. The van der Waals surface area contributed by atoms with Crippen molar-refractivity contribution in [2.75, 3.05) is 14.2 Å². The zero-order valence-electron chi connectivity index (χ0n) is 22.0. The number of benzene rings is 3. The summed E-state index contributed by atoms with van der Waals surface area (Å²) in [5.74, 6) is -2.92. The summed E-state index contributed by atoms with van der Waals surface area (Å²) in [6.07, 6.45) is 0. The molecule has 3 aromatic carbocycles. The van der Waals surface area contributed by atoms with Crippen molar-refractivity contribution in [1.82, 2.24) is 19.6 Å². The van der Waals surface area contributed by atoms with Crippen molar-refractivity contribution >= 4 is 55.4 Å². The van der Waals surface area contributed by atoms with Crippen LogP contribution in [-0.2, 0) is 9.47 Å². The van der Waals surface area contributed by atoms with E-state index in [-0.39, 0.29) is 22.5 Å². The van der Waals surface area contributed by atoms with E-state index in [0.717, 1.165) is 8.95 Å². The molecule has 42 heavy (non-hydrogen) atoms. The van der Waals surface area contributed by atoms with Gasteiger partial charge in [-0.1, -0.05) is 55.6 Å². The fourth-order valence-electron chi connectivity index (χ4n) is 4.63. The van der Waals surface area contributed by atoms with Crippen LogP contribution in [0, 0.1) is 0 Å². The molecule has 2 aromatic heterocycles. The van der Waals surface area contributed by atoms with Crippen LogP contribution < -0.4 is 11.1 Å². The molecule has 0 aliphatic rings. The van der Waals surface area contributed by atoms with Gasteiger partial charge in [-0.3, -0.25) is 19.8 Å². The van der Waals surface area contributed by atoms with Crippen LogP contribution in [0.15, 0.2) is 91.3 Å². The molecular formula is C29H21Br2ClN4O6. The van der Waals surface area contributed by atoms with Crippen LogP contribution in [0.25, 0.3) is 11.4 Å². The number of aromatic nitrogens is 4. The molecule has 0 atom stereocenters. The Hall–Kier alpha value is -4.13. The summed E-state index contributed by atoms with van der Waals surface area (Å²) in [7, 11) is 2.35. The lowest BCUT2D eigenvalue weighted by Gasteiger charge is -2.16. The number of halogens is 3. The number of ether oxygens (including phenoxy) is 2. The van der Waals surface area contributed by atoms with Gasteiger partial charge in [0.25, 0.3) is 11.1 Å². The van der Waals surface area contributed by atoms with E-state index in [4.69, 9.17) is 21.1 Å². The second-order valence-electron chi connectivity index (χ2n) is 9.00. The number of hydrogen-bond acceptors (Lipinski definition) is 6. The third kappa shape index (κ3) is 5.40. The van der Waals surface area contributed by atoms with Crippen molar-refractivity contribution in [2.24, 2.45) is 0 Å². The average molecular weight is 717 g/mol. The molecule has 0 spiro atoms. The molecule has 0 bridgehead atoms. The van der Waals surface area contributed by atoms with Crippen molar-refractivity contribution in [3.63, 3.8) is 0 Å². The minimum absolute atomic E-state index is 0.115. The Labute approximate surface area is 260 Å². The van der Waals surface area contributed by atoms with Crippen LogP contribution in [0.4, 0.5) is 0 Å². The topological polar surface area (TPSA) is 128 Å². The van der Waals surface area contributed by atoms with Gasteiger partial charge in [0.1, 0.15) is 0 Å². The number of carbonyl (C=O) groups is 2. The molecule has 0 amide bonds. The highest BCUT2D eigenvalue weighted by atomic mass is 79.9. The Bertz CT molecular complexity index is 1790. The first-order valence-corrected chi connectivity index (χ1v) is 14.2. The third-order valence-electron chi connectivity index (χ3n) is 6.58. The first kappa shape index (κ1) is 29.4. The van der Waals surface area contributed by atoms with Crippen LogP contribution in [0.3, 0.4) is 0 Å². The molecule has 0 radical (unpaired) electrons. The van der Waals surface area contributed by atoms with Gasteiger partial charge in [0, 0.05) is 19.9 Å². The highest BCUT2D eigenvalue weighted by molar-refractivity contribution is 9.10.